The molecule has 0 bridgehead atoms. The fourth-order valence-electron chi connectivity index (χ4n) is 3.61. The lowest BCUT2D eigenvalue weighted by Gasteiger charge is -2.40. The highest BCUT2D eigenvalue weighted by molar-refractivity contribution is 5.85. The van der Waals surface area contributed by atoms with Crippen molar-refractivity contribution in [1.82, 2.24) is 10.2 Å². The average Bonchev–Trinajstić information content (AvgIpc) is 2.47. The van der Waals surface area contributed by atoms with Crippen molar-refractivity contribution in [2.45, 2.75) is 44.2 Å². The summed E-state index contributed by atoms with van der Waals surface area (Å²) in [5.74, 6) is 0. The smallest absolute Gasteiger partial charge is 0.0350 e. The molecule has 1 atom stereocenters. The van der Waals surface area contributed by atoms with Crippen LogP contribution in [0, 0.1) is 0 Å². The van der Waals surface area contributed by atoms with Gasteiger partial charge in [-0.2, -0.15) is 0 Å². The third-order valence-electron chi connectivity index (χ3n) is 4.72. The summed E-state index contributed by atoms with van der Waals surface area (Å²) < 4.78 is 0. The summed E-state index contributed by atoms with van der Waals surface area (Å²) in [6.45, 7) is 2.51. The summed E-state index contributed by atoms with van der Waals surface area (Å²) >= 11 is 0. The minimum absolute atomic E-state index is 0. The summed E-state index contributed by atoms with van der Waals surface area (Å²) in [5, 5.41) is 3.42. The van der Waals surface area contributed by atoms with Crippen LogP contribution >= 0.6 is 12.4 Å². The first-order chi connectivity index (χ1) is 8.88. The van der Waals surface area contributed by atoms with Crippen molar-refractivity contribution in [3.05, 3.63) is 35.4 Å². The Morgan fingerprint density at radius 1 is 1.11 bits per heavy atom. The van der Waals surface area contributed by atoms with E-state index in [-0.39, 0.29) is 12.4 Å². The molecule has 0 saturated carbocycles. The van der Waals surface area contributed by atoms with Crippen molar-refractivity contribution in [2.24, 2.45) is 0 Å². The maximum atomic E-state index is 3.42. The van der Waals surface area contributed by atoms with Crippen molar-refractivity contribution in [1.29, 1.82) is 0 Å². The van der Waals surface area contributed by atoms with Crippen LogP contribution in [0.4, 0.5) is 0 Å². The van der Waals surface area contributed by atoms with E-state index in [9.17, 15) is 0 Å². The van der Waals surface area contributed by atoms with Gasteiger partial charge in [0.15, 0.2) is 0 Å². The van der Waals surface area contributed by atoms with Gasteiger partial charge in [0, 0.05) is 25.2 Å². The van der Waals surface area contributed by atoms with E-state index in [1.54, 1.807) is 11.1 Å². The van der Waals surface area contributed by atoms with Crippen LogP contribution in [0.2, 0.25) is 0 Å². The van der Waals surface area contributed by atoms with Crippen molar-refractivity contribution >= 4 is 12.4 Å². The number of hydrogen-bond acceptors (Lipinski definition) is 2. The lowest BCUT2D eigenvalue weighted by atomic mass is 9.86. The lowest BCUT2D eigenvalue weighted by molar-refractivity contribution is 0.132. The van der Waals surface area contributed by atoms with Crippen molar-refractivity contribution < 1.29 is 0 Å². The molecule has 19 heavy (non-hydrogen) atoms. The standard InChI is InChI=1S/C16H24N2.ClH/c1-17-14-9-11-18(12-10-14)16-8-4-6-13-5-2-3-7-15(13)16;/h2-3,5,7,14,16-17H,4,6,8-12H2,1H3;1H. The van der Waals surface area contributed by atoms with E-state index >= 15 is 0 Å². The van der Waals surface area contributed by atoms with Crippen molar-refractivity contribution in [3.63, 3.8) is 0 Å². The fraction of sp³-hybridized carbons (Fsp3) is 0.625. The molecular weight excluding hydrogens is 256 g/mol. The molecule has 0 spiro atoms. The highest BCUT2D eigenvalue weighted by Crippen LogP contribution is 2.35. The molecule has 1 aromatic carbocycles. The zero-order valence-electron chi connectivity index (χ0n) is 11.8. The summed E-state index contributed by atoms with van der Waals surface area (Å²) in [6, 6.07) is 10.5. The molecule has 0 aromatic heterocycles. The predicted octanol–water partition coefficient (Wildman–Crippen LogP) is 3.17. The molecule has 1 N–H and O–H groups in total. The number of rotatable bonds is 2. The van der Waals surface area contributed by atoms with Crippen LogP contribution in [0.3, 0.4) is 0 Å². The summed E-state index contributed by atoms with van der Waals surface area (Å²) in [5.41, 5.74) is 3.19. The highest BCUT2D eigenvalue weighted by atomic mass is 35.5. The van der Waals surface area contributed by atoms with Gasteiger partial charge in [-0.3, -0.25) is 4.90 Å². The molecule has 2 nitrogen and oxygen atoms in total. The van der Waals surface area contributed by atoms with Gasteiger partial charge in [0.2, 0.25) is 0 Å². The van der Waals surface area contributed by atoms with Gasteiger partial charge < -0.3 is 5.32 Å². The van der Waals surface area contributed by atoms with Gasteiger partial charge in [0.25, 0.3) is 0 Å². The van der Waals surface area contributed by atoms with E-state index in [0.29, 0.717) is 6.04 Å². The molecule has 1 heterocycles. The van der Waals surface area contributed by atoms with Gasteiger partial charge in [0.05, 0.1) is 0 Å². The predicted molar refractivity (Wildman–Crippen MR) is 83.0 cm³/mol. The summed E-state index contributed by atoms with van der Waals surface area (Å²) in [4.78, 5) is 2.71. The van der Waals surface area contributed by atoms with Gasteiger partial charge in [0.1, 0.15) is 0 Å². The molecule has 1 saturated heterocycles. The molecule has 0 amide bonds. The number of piperidine rings is 1. The second-order valence-corrected chi connectivity index (χ2v) is 5.71. The van der Waals surface area contributed by atoms with Crippen molar-refractivity contribution in [2.75, 3.05) is 20.1 Å². The van der Waals surface area contributed by atoms with Crippen LogP contribution in [-0.4, -0.2) is 31.1 Å². The SMILES string of the molecule is CNC1CCN(C2CCCc3ccccc32)CC1.Cl. The topological polar surface area (TPSA) is 15.3 Å². The molecule has 2 aliphatic rings. The Hall–Kier alpha value is -0.570. The van der Waals surface area contributed by atoms with Crippen LogP contribution in [0.15, 0.2) is 24.3 Å². The Kier molecular flexibility index (Phi) is 5.26. The zero-order valence-corrected chi connectivity index (χ0v) is 12.6. The molecule has 1 aromatic rings. The first-order valence-corrected chi connectivity index (χ1v) is 7.37. The Morgan fingerprint density at radius 2 is 1.84 bits per heavy atom. The monoisotopic (exact) mass is 280 g/mol. The van der Waals surface area contributed by atoms with Crippen LogP contribution in [0.1, 0.15) is 42.9 Å². The number of hydrogen-bond donors (Lipinski definition) is 1. The van der Waals surface area contributed by atoms with Gasteiger partial charge in [-0.1, -0.05) is 24.3 Å². The highest BCUT2D eigenvalue weighted by Gasteiger charge is 2.28. The molecule has 0 radical (unpaired) electrons. The second-order valence-electron chi connectivity index (χ2n) is 5.71. The van der Waals surface area contributed by atoms with E-state index < -0.39 is 0 Å². The molecule has 1 aliphatic heterocycles. The van der Waals surface area contributed by atoms with Crippen LogP contribution in [0.25, 0.3) is 0 Å². The van der Waals surface area contributed by atoms with Gasteiger partial charge >= 0.3 is 0 Å². The minimum Gasteiger partial charge on any atom is -0.317 e. The van der Waals surface area contributed by atoms with Gasteiger partial charge in [-0.05, 0) is 50.3 Å². The quantitative estimate of drug-likeness (QED) is 0.895. The van der Waals surface area contributed by atoms with Crippen LogP contribution < -0.4 is 5.32 Å². The normalized spacial score (nSPS) is 24.6. The molecular formula is C16H25ClN2. The lowest BCUT2D eigenvalue weighted by Crippen LogP contribution is -2.43. The van der Waals surface area contributed by atoms with Crippen LogP contribution in [0.5, 0.6) is 0 Å². The Morgan fingerprint density at radius 3 is 2.58 bits per heavy atom. The zero-order chi connectivity index (χ0) is 12.4. The maximum absolute atomic E-state index is 3.42. The molecule has 1 unspecified atom stereocenters. The fourth-order valence-corrected chi connectivity index (χ4v) is 3.61. The summed E-state index contributed by atoms with van der Waals surface area (Å²) in [6.07, 6.45) is 6.58. The third-order valence-corrected chi connectivity index (χ3v) is 4.72. The van der Waals surface area contributed by atoms with E-state index in [1.165, 1.54) is 45.2 Å². The van der Waals surface area contributed by atoms with E-state index in [0.717, 1.165) is 6.04 Å². The first-order valence-electron chi connectivity index (χ1n) is 7.37. The third kappa shape index (κ3) is 3.13. The van der Waals surface area contributed by atoms with Crippen LogP contribution in [-0.2, 0) is 6.42 Å². The number of nitrogens with zero attached hydrogens (tertiary/aromatic N) is 1. The first kappa shape index (κ1) is 14.8. The molecule has 106 valence electrons. The Balaban J connectivity index is 0.00000133. The Labute approximate surface area is 123 Å². The number of benzene rings is 1. The van der Waals surface area contributed by atoms with E-state index in [1.807, 2.05) is 0 Å². The minimum atomic E-state index is 0. The number of nitrogens with one attached hydrogen (secondary N) is 1. The summed E-state index contributed by atoms with van der Waals surface area (Å²) in [7, 11) is 2.09. The van der Waals surface area contributed by atoms with Crippen molar-refractivity contribution in [3.8, 4) is 0 Å². The number of halogens is 1. The van der Waals surface area contributed by atoms with Gasteiger partial charge in [-0.25, -0.2) is 0 Å². The maximum Gasteiger partial charge on any atom is 0.0350 e. The Bertz CT molecular complexity index is 399. The molecule has 1 fully saturated rings. The number of fused-ring (bicyclic) bond motifs is 1. The molecule has 1 aliphatic carbocycles. The molecule has 3 heteroatoms. The second kappa shape index (κ2) is 6.74. The van der Waals surface area contributed by atoms with E-state index in [2.05, 4.69) is 41.5 Å². The average molecular weight is 281 g/mol. The largest absolute Gasteiger partial charge is 0.317 e. The molecule has 3 rings (SSSR count). The van der Waals surface area contributed by atoms with E-state index in [4.69, 9.17) is 0 Å². The number of likely N-dealkylation sites (tertiary alicyclic amines) is 1. The van der Waals surface area contributed by atoms with Gasteiger partial charge in [-0.15, -0.1) is 12.4 Å². The number of aryl methyl sites for hydroxylation is 1.